The molecule has 5 nitrogen and oxygen atoms in total. The van der Waals surface area contributed by atoms with Gasteiger partial charge < -0.3 is 19.9 Å². The van der Waals surface area contributed by atoms with Crippen molar-refractivity contribution in [1.29, 1.82) is 0 Å². The summed E-state index contributed by atoms with van der Waals surface area (Å²) >= 11 is 0. The molecule has 1 aromatic carbocycles. The number of rotatable bonds is 6. The average molecular weight is 317 g/mol. The van der Waals surface area contributed by atoms with Gasteiger partial charge in [0, 0.05) is 24.7 Å². The minimum absolute atomic E-state index is 0. The van der Waals surface area contributed by atoms with Gasteiger partial charge in [-0.2, -0.15) is 0 Å². The molecule has 0 bridgehead atoms. The molecule has 0 saturated carbocycles. The summed E-state index contributed by atoms with van der Waals surface area (Å²) in [6.45, 7) is 3.74. The predicted octanol–water partition coefficient (Wildman–Crippen LogP) is 1.91. The normalized spacial score (nSPS) is 18.2. The van der Waals surface area contributed by atoms with Crippen LogP contribution in [0.5, 0.6) is 17.2 Å². The second-order valence-corrected chi connectivity index (χ2v) is 5.14. The monoisotopic (exact) mass is 316 g/mol. The van der Waals surface area contributed by atoms with Crippen molar-refractivity contribution in [2.45, 2.75) is 13.0 Å². The van der Waals surface area contributed by atoms with Crippen molar-refractivity contribution in [2.75, 3.05) is 41.0 Å². The molecule has 120 valence electrons. The van der Waals surface area contributed by atoms with Gasteiger partial charge in [0.25, 0.3) is 0 Å². The zero-order valence-electron chi connectivity index (χ0n) is 12.9. The summed E-state index contributed by atoms with van der Waals surface area (Å²) in [6, 6.07) is 3.87. The number of nitrogens with zero attached hydrogens (tertiary/aromatic N) is 1. The zero-order chi connectivity index (χ0) is 14.5. The lowest BCUT2D eigenvalue weighted by Crippen LogP contribution is -2.23. The quantitative estimate of drug-likeness (QED) is 0.869. The molecule has 1 unspecified atom stereocenters. The zero-order valence-corrected chi connectivity index (χ0v) is 13.7. The molecule has 1 fully saturated rings. The lowest BCUT2D eigenvalue weighted by atomic mass is 10.1. The SMILES string of the molecule is COc1cc(OC)c(OC)cc1CN1CCC(CN)C1.Cl. The van der Waals surface area contributed by atoms with Gasteiger partial charge in [0.15, 0.2) is 11.5 Å². The first kappa shape index (κ1) is 17.9. The Balaban J connectivity index is 0.00000220. The number of ether oxygens (including phenoxy) is 3. The van der Waals surface area contributed by atoms with Crippen LogP contribution in [0.3, 0.4) is 0 Å². The summed E-state index contributed by atoms with van der Waals surface area (Å²) in [5.41, 5.74) is 6.85. The highest BCUT2D eigenvalue weighted by Gasteiger charge is 2.23. The number of halogens is 1. The van der Waals surface area contributed by atoms with Crippen LogP contribution >= 0.6 is 12.4 Å². The van der Waals surface area contributed by atoms with Gasteiger partial charge in [-0.25, -0.2) is 0 Å². The second-order valence-electron chi connectivity index (χ2n) is 5.14. The van der Waals surface area contributed by atoms with Gasteiger partial charge in [-0.15, -0.1) is 12.4 Å². The number of benzene rings is 1. The summed E-state index contributed by atoms with van der Waals surface area (Å²) in [4.78, 5) is 2.40. The van der Waals surface area contributed by atoms with E-state index in [-0.39, 0.29) is 12.4 Å². The first-order valence-corrected chi connectivity index (χ1v) is 6.93. The molecule has 21 heavy (non-hydrogen) atoms. The number of likely N-dealkylation sites (tertiary alicyclic amines) is 1. The smallest absolute Gasteiger partial charge is 0.164 e. The first-order chi connectivity index (χ1) is 9.71. The van der Waals surface area contributed by atoms with E-state index in [1.165, 1.54) is 6.42 Å². The van der Waals surface area contributed by atoms with E-state index in [0.29, 0.717) is 11.7 Å². The largest absolute Gasteiger partial charge is 0.496 e. The van der Waals surface area contributed by atoms with E-state index < -0.39 is 0 Å². The van der Waals surface area contributed by atoms with Crippen LogP contribution in [-0.4, -0.2) is 45.9 Å². The minimum Gasteiger partial charge on any atom is -0.496 e. The molecule has 1 aromatic rings. The number of methoxy groups -OCH3 is 3. The molecular formula is C15H25ClN2O3. The Morgan fingerprint density at radius 1 is 1.10 bits per heavy atom. The summed E-state index contributed by atoms with van der Waals surface area (Å²) in [7, 11) is 4.95. The van der Waals surface area contributed by atoms with Gasteiger partial charge >= 0.3 is 0 Å². The molecule has 0 aromatic heterocycles. The maximum absolute atomic E-state index is 5.74. The fourth-order valence-electron chi connectivity index (χ4n) is 2.71. The van der Waals surface area contributed by atoms with Crippen LogP contribution in [0.25, 0.3) is 0 Å². The highest BCUT2D eigenvalue weighted by molar-refractivity contribution is 5.85. The fourth-order valence-corrected chi connectivity index (χ4v) is 2.71. The van der Waals surface area contributed by atoms with Crippen molar-refractivity contribution in [1.82, 2.24) is 4.90 Å². The molecule has 0 amide bonds. The van der Waals surface area contributed by atoms with Crippen LogP contribution in [-0.2, 0) is 6.54 Å². The molecule has 6 heteroatoms. The predicted molar refractivity (Wildman–Crippen MR) is 85.8 cm³/mol. The Bertz CT molecular complexity index is 457. The van der Waals surface area contributed by atoms with E-state index >= 15 is 0 Å². The fraction of sp³-hybridized carbons (Fsp3) is 0.600. The Labute approximate surface area is 132 Å². The van der Waals surface area contributed by atoms with Crippen molar-refractivity contribution >= 4 is 12.4 Å². The molecule has 2 rings (SSSR count). The molecule has 1 heterocycles. The Kier molecular flexibility index (Phi) is 7.08. The van der Waals surface area contributed by atoms with Crippen molar-refractivity contribution < 1.29 is 14.2 Å². The van der Waals surface area contributed by atoms with Crippen molar-refractivity contribution in [2.24, 2.45) is 11.7 Å². The van der Waals surface area contributed by atoms with E-state index in [1.54, 1.807) is 21.3 Å². The molecule has 0 radical (unpaired) electrons. The molecule has 1 saturated heterocycles. The highest BCUT2D eigenvalue weighted by Crippen LogP contribution is 2.35. The third kappa shape index (κ3) is 4.15. The highest BCUT2D eigenvalue weighted by atomic mass is 35.5. The first-order valence-electron chi connectivity index (χ1n) is 6.93. The van der Waals surface area contributed by atoms with E-state index in [0.717, 1.165) is 43.2 Å². The van der Waals surface area contributed by atoms with Crippen LogP contribution in [0.4, 0.5) is 0 Å². The number of hydrogen-bond acceptors (Lipinski definition) is 5. The third-order valence-corrected chi connectivity index (χ3v) is 3.88. The summed E-state index contributed by atoms with van der Waals surface area (Å²) in [5.74, 6) is 2.87. The molecule has 1 aliphatic rings. The minimum atomic E-state index is 0. The summed E-state index contributed by atoms with van der Waals surface area (Å²) in [6.07, 6.45) is 1.17. The van der Waals surface area contributed by atoms with Crippen LogP contribution in [0.2, 0.25) is 0 Å². The van der Waals surface area contributed by atoms with Gasteiger partial charge in [0.05, 0.1) is 21.3 Å². The molecule has 0 spiro atoms. The molecule has 0 aliphatic carbocycles. The summed E-state index contributed by atoms with van der Waals surface area (Å²) in [5, 5.41) is 0. The third-order valence-electron chi connectivity index (χ3n) is 3.88. The topological polar surface area (TPSA) is 57.0 Å². The molecular weight excluding hydrogens is 292 g/mol. The lowest BCUT2D eigenvalue weighted by Gasteiger charge is -2.19. The van der Waals surface area contributed by atoms with Crippen LogP contribution in [0.1, 0.15) is 12.0 Å². The van der Waals surface area contributed by atoms with Crippen LogP contribution in [0, 0.1) is 5.92 Å². The van der Waals surface area contributed by atoms with E-state index in [1.807, 2.05) is 12.1 Å². The maximum Gasteiger partial charge on any atom is 0.164 e. The van der Waals surface area contributed by atoms with Crippen LogP contribution < -0.4 is 19.9 Å². The Morgan fingerprint density at radius 3 is 2.24 bits per heavy atom. The van der Waals surface area contributed by atoms with Gasteiger partial charge in [0.2, 0.25) is 0 Å². The van der Waals surface area contributed by atoms with Crippen LogP contribution in [0.15, 0.2) is 12.1 Å². The number of hydrogen-bond donors (Lipinski definition) is 1. The molecule has 2 N–H and O–H groups in total. The lowest BCUT2D eigenvalue weighted by molar-refractivity contribution is 0.305. The molecule has 1 atom stereocenters. The van der Waals surface area contributed by atoms with E-state index in [9.17, 15) is 0 Å². The van der Waals surface area contributed by atoms with Gasteiger partial charge in [-0.1, -0.05) is 0 Å². The number of nitrogens with two attached hydrogens (primary N) is 1. The maximum atomic E-state index is 5.74. The average Bonchev–Trinajstić information content (AvgIpc) is 2.94. The van der Waals surface area contributed by atoms with Gasteiger partial charge in [-0.05, 0) is 31.5 Å². The van der Waals surface area contributed by atoms with E-state index in [2.05, 4.69) is 4.90 Å². The van der Waals surface area contributed by atoms with E-state index in [4.69, 9.17) is 19.9 Å². The summed E-state index contributed by atoms with van der Waals surface area (Å²) < 4.78 is 16.1. The van der Waals surface area contributed by atoms with Crippen molar-refractivity contribution in [3.8, 4) is 17.2 Å². The van der Waals surface area contributed by atoms with Crippen molar-refractivity contribution in [3.63, 3.8) is 0 Å². The van der Waals surface area contributed by atoms with Crippen molar-refractivity contribution in [3.05, 3.63) is 17.7 Å². The van der Waals surface area contributed by atoms with Gasteiger partial charge in [-0.3, -0.25) is 4.90 Å². The van der Waals surface area contributed by atoms with Gasteiger partial charge in [0.1, 0.15) is 5.75 Å². The Hall–Kier alpha value is -1.17. The standard InChI is InChI=1S/C15H24N2O3.ClH/c1-18-13-7-15(20-3)14(19-2)6-12(13)10-17-5-4-11(8-16)9-17;/h6-7,11H,4-5,8-10,16H2,1-3H3;1H. The Morgan fingerprint density at radius 2 is 1.71 bits per heavy atom. The molecule has 1 aliphatic heterocycles. The second kappa shape index (κ2) is 8.32.